The van der Waals surface area contributed by atoms with Crippen LogP contribution in [0.5, 0.6) is 0 Å². The summed E-state index contributed by atoms with van der Waals surface area (Å²) in [5.74, 6) is -1.90. The first-order valence-corrected chi connectivity index (χ1v) is 4.59. The molecule has 0 aromatic heterocycles. The van der Waals surface area contributed by atoms with Gasteiger partial charge in [0, 0.05) is 0 Å². The van der Waals surface area contributed by atoms with Crippen LogP contribution in [0.1, 0.15) is 20.7 Å². The molecule has 2 rings (SSSR count). The van der Waals surface area contributed by atoms with Crippen molar-refractivity contribution in [2.24, 2.45) is 0 Å². The molecule has 1 heterocycles. The Morgan fingerprint density at radius 3 is 1.88 bits per heavy atom. The largest absolute Gasteiger partial charge is 0.295 e. The number of carbonyl (C=O) groups is 2. The van der Waals surface area contributed by atoms with E-state index in [2.05, 4.69) is 4.84 Å². The van der Waals surface area contributed by atoms with Crippen LogP contribution in [0.2, 0.25) is 0 Å². The summed E-state index contributed by atoms with van der Waals surface area (Å²) < 4.78 is 36.5. The van der Waals surface area contributed by atoms with Crippen molar-refractivity contribution in [2.45, 2.75) is 12.8 Å². The van der Waals surface area contributed by atoms with E-state index in [1.165, 1.54) is 24.3 Å². The molecule has 0 saturated carbocycles. The number of hydrogen-bond donors (Lipinski definition) is 0. The van der Waals surface area contributed by atoms with E-state index in [1.54, 1.807) is 0 Å². The minimum absolute atomic E-state index is 0.000957. The van der Waals surface area contributed by atoms with Gasteiger partial charge in [-0.15, -0.1) is 5.06 Å². The third-order valence-electron chi connectivity index (χ3n) is 2.16. The Morgan fingerprint density at radius 2 is 1.47 bits per heavy atom. The lowest BCUT2D eigenvalue weighted by Gasteiger charge is -2.15. The fourth-order valence-corrected chi connectivity index (χ4v) is 1.41. The molecule has 0 N–H and O–H groups in total. The van der Waals surface area contributed by atoms with E-state index in [1.807, 2.05) is 0 Å². The number of carbonyl (C=O) groups excluding carboxylic acids is 2. The van der Waals surface area contributed by atoms with Gasteiger partial charge >= 0.3 is 0 Å². The van der Waals surface area contributed by atoms with Crippen LogP contribution in [-0.4, -0.2) is 29.7 Å². The monoisotopic (exact) mass is 245 g/mol. The summed E-state index contributed by atoms with van der Waals surface area (Å²) in [4.78, 5) is 27.1. The second-order valence-electron chi connectivity index (χ2n) is 3.24. The minimum atomic E-state index is -3.43. The Kier molecular flexibility index (Phi) is 2.84. The van der Waals surface area contributed by atoms with Crippen LogP contribution in [0.4, 0.5) is 13.2 Å². The lowest BCUT2D eigenvalue weighted by Crippen LogP contribution is -2.35. The minimum Gasteiger partial charge on any atom is -0.266 e. The molecule has 0 fully saturated rings. The van der Waals surface area contributed by atoms with Crippen molar-refractivity contribution in [1.29, 1.82) is 0 Å². The van der Waals surface area contributed by atoms with Gasteiger partial charge in [0.1, 0.15) is 0 Å². The number of nitrogens with zero attached hydrogens (tertiary/aromatic N) is 1. The highest BCUT2D eigenvalue weighted by atomic mass is 19.3. The molecule has 0 spiro atoms. The van der Waals surface area contributed by atoms with Crippen LogP contribution < -0.4 is 0 Å². The van der Waals surface area contributed by atoms with Crippen molar-refractivity contribution in [3.05, 3.63) is 35.4 Å². The number of fused-ring (bicyclic) bond motifs is 1. The van der Waals surface area contributed by atoms with E-state index in [0.29, 0.717) is 0 Å². The van der Waals surface area contributed by atoms with E-state index in [0.717, 1.165) is 0 Å². The summed E-state index contributed by atoms with van der Waals surface area (Å²) >= 11 is 0. The van der Waals surface area contributed by atoms with E-state index in [-0.39, 0.29) is 16.2 Å². The molecule has 1 aromatic carbocycles. The molecule has 17 heavy (non-hydrogen) atoms. The molecule has 4 nitrogen and oxygen atoms in total. The van der Waals surface area contributed by atoms with Gasteiger partial charge in [0.25, 0.3) is 24.6 Å². The van der Waals surface area contributed by atoms with E-state index in [9.17, 15) is 22.8 Å². The van der Waals surface area contributed by atoms with Gasteiger partial charge in [-0.25, -0.2) is 18.0 Å². The van der Waals surface area contributed by atoms with Crippen molar-refractivity contribution in [2.75, 3.05) is 0 Å². The fourth-order valence-electron chi connectivity index (χ4n) is 1.41. The third kappa shape index (κ3) is 1.89. The molecule has 7 heteroatoms. The normalized spacial score (nSPS) is 16.6. The molecule has 1 atom stereocenters. The molecular weight excluding hydrogens is 239 g/mol. The molecule has 1 aliphatic rings. The molecule has 2 amide bonds. The standard InChI is InChI=1S/C10H6F3NO3/c11-7(12)8(13)17-14-9(15)5-3-1-2-4-6(5)10(14)16/h1-4,7-8H. The number of rotatable bonds is 3. The van der Waals surface area contributed by atoms with Crippen molar-refractivity contribution in [3.63, 3.8) is 0 Å². The van der Waals surface area contributed by atoms with Crippen molar-refractivity contribution < 1.29 is 27.6 Å². The van der Waals surface area contributed by atoms with Crippen LogP contribution in [0.25, 0.3) is 0 Å². The SMILES string of the molecule is O=C1c2ccccc2C(=O)N1OC(F)C(F)F. The van der Waals surface area contributed by atoms with Gasteiger partial charge in [-0.2, -0.15) is 0 Å². The summed E-state index contributed by atoms with van der Waals surface area (Å²) in [5.41, 5.74) is -0.00191. The molecule has 0 bridgehead atoms. The van der Waals surface area contributed by atoms with Gasteiger partial charge in [-0.05, 0) is 12.1 Å². The summed E-state index contributed by atoms with van der Waals surface area (Å²) in [6.45, 7) is 0. The van der Waals surface area contributed by atoms with Gasteiger partial charge in [-0.1, -0.05) is 12.1 Å². The summed E-state index contributed by atoms with van der Waals surface area (Å²) in [5, 5.41) is 0.0154. The predicted molar refractivity (Wildman–Crippen MR) is 48.9 cm³/mol. The van der Waals surface area contributed by atoms with Gasteiger partial charge in [0.15, 0.2) is 0 Å². The maximum atomic E-state index is 12.6. The first kappa shape index (κ1) is 11.6. The maximum absolute atomic E-state index is 12.6. The van der Waals surface area contributed by atoms with Gasteiger partial charge in [0.05, 0.1) is 11.1 Å². The van der Waals surface area contributed by atoms with Crippen molar-refractivity contribution in [1.82, 2.24) is 5.06 Å². The number of amides is 2. The van der Waals surface area contributed by atoms with Crippen LogP contribution in [0.15, 0.2) is 24.3 Å². The Hall–Kier alpha value is -1.89. The second-order valence-corrected chi connectivity index (χ2v) is 3.24. The highest BCUT2D eigenvalue weighted by molar-refractivity contribution is 6.20. The van der Waals surface area contributed by atoms with E-state index in [4.69, 9.17) is 0 Å². The molecular formula is C10H6F3NO3. The Morgan fingerprint density at radius 1 is 1.00 bits per heavy atom. The summed E-state index contributed by atoms with van der Waals surface area (Å²) in [6, 6.07) is 5.64. The van der Waals surface area contributed by atoms with Crippen LogP contribution in [0, 0.1) is 0 Å². The first-order valence-electron chi connectivity index (χ1n) is 4.59. The van der Waals surface area contributed by atoms with Crippen LogP contribution >= 0.6 is 0 Å². The highest BCUT2D eigenvalue weighted by Crippen LogP contribution is 2.24. The van der Waals surface area contributed by atoms with E-state index < -0.39 is 24.6 Å². The Balaban J connectivity index is 2.25. The van der Waals surface area contributed by atoms with Crippen LogP contribution in [0.3, 0.4) is 0 Å². The van der Waals surface area contributed by atoms with Crippen molar-refractivity contribution >= 4 is 11.8 Å². The van der Waals surface area contributed by atoms with Gasteiger partial charge in [-0.3, -0.25) is 9.59 Å². The number of alkyl halides is 3. The zero-order valence-electron chi connectivity index (χ0n) is 8.27. The topological polar surface area (TPSA) is 46.6 Å². The molecule has 90 valence electrons. The lowest BCUT2D eigenvalue weighted by atomic mass is 10.1. The van der Waals surface area contributed by atoms with Gasteiger partial charge in [0.2, 0.25) is 0 Å². The number of imide groups is 1. The zero-order chi connectivity index (χ0) is 12.6. The lowest BCUT2D eigenvalue weighted by molar-refractivity contribution is -0.222. The molecule has 1 aromatic rings. The first-order chi connectivity index (χ1) is 8.02. The van der Waals surface area contributed by atoms with Crippen molar-refractivity contribution in [3.8, 4) is 0 Å². The van der Waals surface area contributed by atoms with Crippen LogP contribution in [-0.2, 0) is 4.84 Å². The number of benzene rings is 1. The Labute approximate surface area is 93.5 Å². The van der Waals surface area contributed by atoms with E-state index >= 15 is 0 Å². The molecule has 0 saturated heterocycles. The average Bonchev–Trinajstić information content (AvgIpc) is 2.55. The fraction of sp³-hybridized carbons (Fsp3) is 0.200. The highest BCUT2D eigenvalue weighted by Gasteiger charge is 2.39. The second kappa shape index (κ2) is 4.17. The third-order valence-corrected chi connectivity index (χ3v) is 2.16. The number of hydroxylamine groups is 2. The maximum Gasteiger partial charge on any atom is 0.295 e. The summed E-state index contributed by atoms with van der Waals surface area (Å²) in [7, 11) is 0. The zero-order valence-corrected chi connectivity index (χ0v) is 8.27. The molecule has 0 radical (unpaired) electrons. The smallest absolute Gasteiger partial charge is 0.266 e. The predicted octanol–water partition coefficient (Wildman–Crippen LogP) is 1.77. The number of hydrogen-bond acceptors (Lipinski definition) is 3. The molecule has 1 aliphatic heterocycles. The number of halogens is 3. The average molecular weight is 245 g/mol. The summed E-state index contributed by atoms with van der Waals surface area (Å²) in [6.07, 6.45) is -6.45. The quantitative estimate of drug-likeness (QED) is 0.762. The molecule has 1 unspecified atom stereocenters. The van der Waals surface area contributed by atoms with Gasteiger partial charge < -0.3 is 0 Å². The Bertz CT molecular complexity index is 443. The molecule has 0 aliphatic carbocycles.